The van der Waals surface area contributed by atoms with E-state index in [0.29, 0.717) is 17.0 Å². The van der Waals surface area contributed by atoms with Crippen molar-refractivity contribution in [3.63, 3.8) is 0 Å². The van der Waals surface area contributed by atoms with E-state index < -0.39 is 0 Å². The number of aryl methyl sites for hydroxylation is 2. The van der Waals surface area contributed by atoms with Crippen molar-refractivity contribution in [2.24, 2.45) is 0 Å². The fourth-order valence-electron chi connectivity index (χ4n) is 0.952. The molecule has 0 amide bonds. The van der Waals surface area contributed by atoms with Gasteiger partial charge in [-0.1, -0.05) is 0 Å². The molecular weight excluding hydrogens is 140 g/mol. The number of aromatic nitrogens is 1. The van der Waals surface area contributed by atoms with Gasteiger partial charge >= 0.3 is 0 Å². The van der Waals surface area contributed by atoms with Gasteiger partial charge < -0.3 is 5.21 Å². The molecule has 0 saturated carbocycles. The van der Waals surface area contributed by atoms with Crippen molar-refractivity contribution < 1.29 is 4.73 Å². The molecule has 1 heterocycles. The van der Waals surface area contributed by atoms with Crippen molar-refractivity contribution in [2.45, 2.75) is 13.8 Å². The van der Waals surface area contributed by atoms with Crippen LogP contribution in [-0.2, 0) is 0 Å². The summed E-state index contributed by atoms with van der Waals surface area (Å²) in [5.74, 6) is 0. The molecule has 0 atom stereocenters. The first-order valence-electron chi connectivity index (χ1n) is 3.26. The summed E-state index contributed by atoms with van der Waals surface area (Å²) >= 11 is 0. The van der Waals surface area contributed by atoms with Crippen LogP contribution in [0.4, 0.5) is 0 Å². The highest BCUT2D eigenvalue weighted by Gasteiger charge is 2.04. The fraction of sp³-hybridized carbons (Fsp3) is 0.250. The van der Waals surface area contributed by atoms with Crippen LogP contribution in [0.25, 0.3) is 0 Å². The molecule has 0 aromatic carbocycles. The third-order valence-electron chi connectivity index (χ3n) is 1.50. The lowest BCUT2D eigenvalue weighted by molar-refractivity contribution is -0.619. The SMILES string of the molecule is Cc1cc(C#N)cc(C)[n+]1[O-]. The maximum Gasteiger partial charge on any atom is 0.191 e. The molecule has 56 valence electrons. The molecule has 1 rings (SSSR count). The predicted molar refractivity (Wildman–Crippen MR) is 39.6 cm³/mol. The Morgan fingerprint density at radius 2 is 1.82 bits per heavy atom. The van der Waals surface area contributed by atoms with E-state index in [1.54, 1.807) is 26.0 Å². The molecule has 0 fully saturated rings. The zero-order valence-electron chi connectivity index (χ0n) is 6.46. The lowest BCUT2D eigenvalue weighted by Gasteiger charge is -2.02. The standard InChI is InChI=1S/C8H8N2O/c1-6-3-8(5-9)4-7(2)10(6)11/h3-4H,1-2H3. The minimum Gasteiger partial charge on any atom is -0.618 e. The van der Waals surface area contributed by atoms with Gasteiger partial charge in [0.15, 0.2) is 11.4 Å². The van der Waals surface area contributed by atoms with Crippen molar-refractivity contribution >= 4 is 0 Å². The van der Waals surface area contributed by atoms with Gasteiger partial charge in [0.2, 0.25) is 0 Å². The lowest BCUT2D eigenvalue weighted by Crippen LogP contribution is -2.33. The molecule has 1 aromatic heterocycles. The van der Waals surface area contributed by atoms with E-state index in [4.69, 9.17) is 5.26 Å². The summed E-state index contributed by atoms with van der Waals surface area (Å²) in [5, 5.41) is 19.6. The second-order valence-electron chi connectivity index (χ2n) is 2.43. The van der Waals surface area contributed by atoms with Gasteiger partial charge in [0.1, 0.15) is 0 Å². The van der Waals surface area contributed by atoms with Crippen LogP contribution in [0.1, 0.15) is 17.0 Å². The van der Waals surface area contributed by atoms with Crippen molar-refractivity contribution in [3.8, 4) is 6.07 Å². The summed E-state index contributed by atoms with van der Waals surface area (Å²) in [6, 6.07) is 5.12. The van der Waals surface area contributed by atoms with E-state index in [1.807, 2.05) is 6.07 Å². The van der Waals surface area contributed by atoms with E-state index in [-0.39, 0.29) is 0 Å². The van der Waals surface area contributed by atoms with E-state index in [2.05, 4.69) is 0 Å². The van der Waals surface area contributed by atoms with Crippen LogP contribution in [0.15, 0.2) is 12.1 Å². The smallest absolute Gasteiger partial charge is 0.191 e. The van der Waals surface area contributed by atoms with Gasteiger partial charge in [-0.2, -0.15) is 9.99 Å². The fourth-order valence-corrected chi connectivity index (χ4v) is 0.952. The van der Waals surface area contributed by atoms with Gasteiger partial charge in [0.25, 0.3) is 0 Å². The van der Waals surface area contributed by atoms with E-state index >= 15 is 0 Å². The Labute approximate surface area is 65.1 Å². The third-order valence-corrected chi connectivity index (χ3v) is 1.50. The quantitative estimate of drug-likeness (QED) is 0.403. The summed E-state index contributed by atoms with van der Waals surface area (Å²) in [7, 11) is 0. The molecule has 0 aliphatic carbocycles. The first-order chi connectivity index (χ1) is 5.15. The maximum absolute atomic E-state index is 11.0. The molecule has 0 N–H and O–H groups in total. The van der Waals surface area contributed by atoms with Gasteiger partial charge in [0.05, 0.1) is 11.6 Å². The Morgan fingerprint density at radius 1 is 1.36 bits per heavy atom. The molecule has 0 aliphatic rings. The molecule has 0 bridgehead atoms. The minimum absolute atomic E-state index is 0.534. The Balaban J connectivity index is 3.35. The molecule has 0 unspecified atom stereocenters. The summed E-state index contributed by atoms with van der Waals surface area (Å²) in [4.78, 5) is 0. The van der Waals surface area contributed by atoms with E-state index in [0.717, 1.165) is 4.73 Å². The topological polar surface area (TPSA) is 50.7 Å². The van der Waals surface area contributed by atoms with Crippen molar-refractivity contribution in [1.82, 2.24) is 0 Å². The first kappa shape index (κ1) is 7.55. The van der Waals surface area contributed by atoms with Crippen LogP contribution >= 0.6 is 0 Å². The molecule has 0 radical (unpaired) electrons. The maximum atomic E-state index is 11.0. The van der Waals surface area contributed by atoms with Crippen molar-refractivity contribution in [1.29, 1.82) is 5.26 Å². The van der Waals surface area contributed by atoms with E-state index in [1.165, 1.54) is 0 Å². The minimum atomic E-state index is 0.534. The number of hydrogen-bond acceptors (Lipinski definition) is 2. The first-order valence-corrected chi connectivity index (χ1v) is 3.26. The molecule has 3 heteroatoms. The zero-order chi connectivity index (χ0) is 8.43. The molecule has 1 aromatic rings. The Hall–Kier alpha value is -1.56. The highest BCUT2D eigenvalue weighted by molar-refractivity contribution is 5.28. The number of hydrogen-bond donors (Lipinski definition) is 0. The van der Waals surface area contributed by atoms with Crippen LogP contribution in [-0.4, -0.2) is 0 Å². The number of nitrogens with zero attached hydrogens (tertiary/aromatic N) is 2. The van der Waals surface area contributed by atoms with Crippen LogP contribution in [0, 0.1) is 30.4 Å². The third kappa shape index (κ3) is 1.30. The molecule has 3 nitrogen and oxygen atoms in total. The monoisotopic (exact) mass is 148 g/mol. The van der Waals surface area contributed by atoms with Gasteiger partial charge in [-0.15, -0.1) is 0 Å². The second-order valence-corrected chi connectivity index (χ2v) is 2.43. The molecule has 0 spiro atoms. The van der Waals surface area contributed by atoms with Crippen LogP contribution in [0.3, 0.4) is 0 Å². The zero-order valence-corrected chi connectivity index (χ0v) is 6.46. The largest absolute Gasteiger partial charge is 0.618 e. The van der Waals surface area contributed by atoms with Crippen LogP contribution < -0.4 is 4.73 Å². The number of rotatable bonds is 0. The molecular formula is C8H8N2O. The summed E-state index contributed by atoms with van der Waals surface area (Å²) in [6.45, 7) is 3.36. The average Bonchev–Trinajstić information content (AvgIpc) is 1.99. The van der Waals surface area contributed by atoms with E-state index in [9.17, 15) is 5.21 Å². The Morgan fingerprint density at radius 3 is 2.18 bits per heavy atom. The molecule has 11 heavy (non-hydrogen) atoms. The van der Waals surface area contributed by atoms with Crippen LogP contribution in [0.5, 0.6) is 0 Å². The normalized spacial score (nSPS) is 9.18. The lowest BCUT2D eigenvalue weighted by atomic mass is 10.2. The van der Waals surface area contributed by atoms with Crippen LogP contribution in [0.2, 0.25) is 0 Å². The van der Waals surface area contributed by atoms with Gasteiger partial charge in [-0.05, 0) is 0 Å². The van der Waals surface area contributed by atoms with Crippen molar-refractivity contribution in [3.05, 3.63) is 34.3 Å². The number of pyridine rings is 1. The van der Waals surface area contributed by atoms with Gasteiger partial charge in [-0.25, -0.2) is 0 Å². The molecule has 0 aliphatic heterocycles. The van der Waals surface area contributed by atoms with Gasteiger partial charge in [0, 0.05) is 26.0 Å². The summed E-state index contributed by atoms with van der Waals surface area (Å²) < 4.78 is 0.806. The average molecular weight is 148 g/mol. The Kier molecular flexibility index (Phi) is 1.77. The highest BCUT2D eigenvalue weighted by atomic mass is 16.5. The Bertz CT molecular complexity index is 302. The summed E-state index contributed by atoms with van der Waals surface area (Å²) in [6.07, 6.45) is 0. The highest BCUT2D eigenvalue weighted by Crippen LogP contribution is 2.00. The second kappa shape index (κ2) is 2.59. The number of nitriles is 1. The predicted octanol–water partition coefficient (Wildman–Crippen LogP) is 0.809. The van der Waals surface area contributed by atoms with Crippen molar-refractivity contribution in [2.75, 3.05) is 0 Å². The summed E-state index contributed by atoms with van der Waals surface area (Å²) in [5.41, 5.74) is 1.65. The molecule has 0 saturated heterocycles. The van der Waals surface area contributed by atoms with Gasteiger partial charge in [-0.3, -0.25) is 0 Å².